The summed E-state index contributed by atoms with van der Waals surface area (Å²) in [5.74, 6) is -0.219. The van der Waals surface area contributed by atoms with Crippen LogP contribution in [-0.4, -0.2) is 28.1 Å². The van der Waals surface area contributed by atoms with E-state index in [4.69, 9.17) is 14.6 Å². The van der Waals surface area contributed by atoms with Gasteiger partial charge in [0.15, 0.2) is 0 Å². The van der Waals surface area contributed by atoms with E-state index in [0.29, 0.717) is 23.7 Å². The molecule has 8 heteroatoms. The SMILES string of the molecule is CC(C)Oc1cc(OCc2ccsc2)cc(C(=O)Nc2ccc(C(=O)O)cn2)c1. The van der Waals surface area contributed by atoms with Crippen molar-refractivity contribution in [3.8, 4) is 11.5 Å². The molecule has 0 spiro atoms. The first-order chi connectivity index (χ1) is 13.9. The number of carbonyl (C=O) groups is 2. The number of aromatic nitrogens is 1. The van der Waals surface area contributed by atoms with E-state index < -0.39 is 11.9 Å². The second-order valence-corrected chi connectivity index (χ2v) is 7.25. The average molecular weight is 412 g/mol. The number of anilines is 1. The van der Waals surface area contributed by atoms with Crippen LogP contribution in [0.15, 0.2) is 53.4 Å². The highest BCUT2D eigenvalue weighted by atomic mass is 32.1. The molecule has 29 heavy (non-hydrogen) atoms. The van der Waals surface area contributed by atoms with Gasteiger partial charge in [0.05, 0.1) is 11.7 Å². The molecule has 2 aromatic heterocycles. The Balaban J connectivity index is 1.78. The van der Waals surface area contributed by atoms with Gasteiger partial charge in [-0.25, -0.2) is 9.78 Å². The molecule has 0 fully saturated rings. The van der Waals surface area contributed by atoms with E-state index in [1.807, 2.05) is 30.7 Å². The molecular weight excluding hydrogens is 392 g/mol. The summed E-state index contributed by atoms with van der Waals surface area (Å²) in [6.45, 7) is 4.17. The second kappa shape index (κ2) is 9.20. The molecule has 0 bridgehead atoms. The monoisotopic (exact) mass is 412 g/mol. The molecule has 0 saturated heterocycles. The van der Waals surface area contributed by atoms with Crippen molar-refractivity contribution in [2.75, 3.05) is 5.32 Å². The van der Waals surface area contributed by atoms with Crippen molar-refractivity contribution in [2.24, 2.45) is 0 Å². The highest BCUT2D eigenvalue weighted by Crippen LogP contribution is 2.25. The molecule has 0 aliphatic heterocycles. The zero-order valence-electron chi connectivity index (χ0n) is 15.9. The van der Waals surface area contributed by atoms with Crippen LogP contribution >= 0.6 is 11.3 Å². The molecule has 7 nitrogen and oxygen atoms in total. The predicted molar refractivity (Wildman–Crippen MR) is 110 cm³/mol. The molecule has 0 saturated carbocycles. The molecule has 2 heterocycles. The number of nitrogens with one attached hydrogen (secondary N) is 1. The van der Waals surface area contributed by atoms with Crippen molar-refractivity contribution in [3.63, 3.8) is 0 Å². The van der Waals surface area contributed by atoms with E-state index in [0.717, 1.165) is 5.56 Å². The average Bonchev–Trinajstić information content (AvgIpc) is 3.20. The molecule has 150 valence electrons. The van der Waals surface area contributed by atoms with Gasteiger partial charge in [0.1, 0.15) is 23.9 Å². The summed E-state index contributed by atoms with van der Waals surface area (Å²) >= 11 is 1.59. The Bertz CT molecular complexity index is 985. The fourth-order valence-corrected chi connectivity index (χ4v) is 3.10. The lowest BCUT2D eigenvalue weighted by atomic mass is 10.2. The number of hydrogen-bond acceptors (Lipinski definition) is 6. The lowest BCUT2D eigenvalue weighted by Gasteiger charge is -2.14. The maximum atomic E-state index is 12.7. The zero-order valence-corrected chi connectivity index (χ0v) is 16.7. The minimum absolute atomic E-state index is 0.0412. The minimum atomic E-state index is -1.08. The van der Waals surface area contributed by atoms with Crippen LogP contribution < -0.4 is 14.8 Å². The van der Waals surface area contributed by atoms with Crippen molar-refractivity contribution in [2.45, 2.75) is 26.6 Å². The Labute approximate surface area is 171 Å². The topological polar surface area (TPSA) is 97.8 Å². The molecule has 2 N–H and O–H groups in total. The van der Waals surface area contributed by atoms with Crippen LogP contribution in [0.4, 0.5) is 5.82 Å². The van der Waals surface area contributed by atoms with Crippen LogP contribution in [0.5, 0.6) is 11.5 Å². The standard InChI is InChI=1S/C21H20N2O5S/c1-13(2)28-18-8-16(7-17(9-18)27-11-14-5-6-29-12-14)20(24)23-19-4-3-15(10-22-19)21(25)26/h3-10,12-13H,11H2,1-2H3,(H,25,26)(H,22,23,24). The summed E-state index contributed by atoms with van der Waals surface area (Å²) in [5, 5.41) is 15.5. The lowest BCUT2D eigenvalue weighted by Crippen LogP contribution is -2.14. The second-order valence-electron chi connectivity index (χ2n) is 6.47. The first-order valence-corrected chi connectivity index (χ1v) is 9.81. The van der Waals surface area contributed by atoms with E-state index in [9.17, 15) is 9.59 Å². The first kappa shape index (κ1) is 20.3. The highest BCUT2D eigenvalue weighted by molar-refractivity contribution is 7.07. The summed E-state index contributed by atoms with van der Waals surface area (Å²) in [6, 6.07) is 9.77. The fraction of sp³-hybridized carbons (Fsp3) is 0.190. The number of carboxylic acid groups (broad SMARTS) is 1. The highest BCUT2D eigenvalue weighted by Gasteiger charge is 2.13. The summed E-state index contributed by atoms with van der Waals surface area (Å²) < 4.78 is 11.6. The van der Waals surface area contributed by atoms with Gasteiger partial charge in [-0.2, -0.15) is 11.3 Å². The maximum absolute atomic E-state index is 12.7. The summed E-state index contributed by atoms with van der Waals surface area (Å²) in [6.07, 6.45) is 1.12. The zero-order chi connectivity index (χ0) is 20.8. The third-order valence-electron chi connectivity index (χ3n) is 3.75. The maximum Gasteiger partial charge on any atom is 0.337 e. The molecule has 1 aromatic carbocycles. The quantitative estimate of drug-likeness (QED) is 0.567. The molecular formula is C21H20N2O5S. The number of nitrogens with zero attached hydrogens (tertiary/aromatic N) is 1. The van der Waals surface area contributed by atoms with Gasteiger partial charge in [-0.05, 0) is 60.5 Å². The number of amides is 1. The van der Waals surface area contributed by atoms with Crippen LogP contribution in [0.3, 0.4) is 0 Å². The molecule has 0 atom stereocenters. The van der Waals surface area contributed by atoms with Gasteiger partial charge in [0, 0.05) is 17.8 Å². The Morgan fingerprint density at radius 3 is 2.55 bits per heavy atom. The smallest absolute Gasteiger partial charge is 0.337 e. The van der Waals surface area contributed by atoms with Gasteiger partial charge in [0.25, 0.3) is 5.91 Å². The van der Waals surface area contributed by atoms with Crippen LogP contribution in [0.1, 0.15) is 40.1 Å². The Hall–Kier alpha value is -3.39. The van der Waals surface area contributed by atoms with Gasteiger partial charge >= 0.3 is 5.97 Å². The molecule has 0 radical (unpaired) electrons. The number of aromatic carboxylic acids is 1. The Morgan fingerprint density at radius 1 is 1.14 bits per heavy atom. The van der Waals surface area contributed by atoms with E-state index >= 15 is 0 Å². The van der Waals surface area contributed by atoms with Crippen molar-refractivity contribution >= 4 is 29.0 Å². The number of thiophene rings is 1. The Morgan fingerprint density at radius 2 is 1.93 bits per heavy atom. The first-order valence-electron chi connectivity index (χ1n) is 8.87. The largest absolute Gasteiger partial charge is 0.491 e. The summed E-state index contributed by atoms with van der Waals surface area (Å²) in [5.41, 5.74) is 1.42. The van der Waals surface area contributed by atoms with Gasteiger partial charge in [-0.15, -0.1) is 0 Å². The van der Waals surface area contributed by atoms with Crippen molar-refractivity contribution < 1.29 is 24.2 Å². The number of pyridine rings is 1. The molecule has 0 aliphatic rings. The third-order valence-corrected chi connectivity index (χ3v) is 4.48. The number of rotatable bonds is 8. The van der Waals surface area contributed by atoms with Crippen LogP contribution in [0.2, 0.25) is 0 Å². The van der Waals surface area contributed by atoms with Crippen LogP contribution in [0.25, 0.3) is 0 Å². The van der Waals surface area contributed by atoms with Gasteiger partial charge < -0.3 is 19.9 Å². The minimum Gasteiger partial charge on any atom is -0.491 e. The summed E-state index contributed by atoms with van der Waals surface area (Å²) in [7, 11) is 0. The number of carboxylic acids is 1. The van der Waals surface area contributed by atoms with Crippen molar-refractivity contribution in [3.05, 3.63) is 70.0 Å². The van der Waals surface area contributed by atoms with E-state index in [2.05, 4.69) is 10.3 Å². The van der Waals surface area contributed by atoms with Crippen molar-refractivity contribution in [1.82, 2.24) is 4.98 Å². The van der Waals surface area contributed by atoms with Gasteiger partial charge in [0.2, 0.25) is 0 Å². The summed E-state index contributed by atoms with van der Waals surface area (Å²) in [4.78, 5) is 27.5. The van der Waals surface area contributed by atoms with E-state index in [-0.39, 0.29) is 17.5 Å². The lowest BCUT2D eigenvalue weighted by molar-refractivity contribution is 0.0696. The third kappa shape index (κ3) is 5.79. The van der Waals surface area contributed by atoms with Crippen LogP contribution in [0, 0.1) is 0 Å². The van der Waals surface area contributed by atoms with Gasteiger partial charge in [-0.1, -0.05) is 0 Å². The molecule has 0 aliphatic carbocycles. The van der Waals surface area contributed by atoms with Gasteiger partial charge in [-0.3, -0.25) is 4.79 Å². The number of carbonyl (C=O) groups excluding carboxylic acids is 1. The number of benzene rings is 1. The van der Waals surface area contributed by atoms with E-state index in [1.165, 1.54) is 18.3 Å². The van der Waals surface area contributed by atoms with E-state index in [1.54, 1.807) is 29.5 Å². The number of hydrogen-bond donors (Lipinski definition) is 2. The predicted octanol–water partition coefficient (Wildman–Crippen LogP) is 4.46. The molecule has 1 amide bonds. The molecule has 3 aromatic rings. The molecule has 3 rings (SSSR count). The van der Waals surface area contributed by atoms with Crippen LogP contribution in [-0.2, 0) is 6.61 Å². The van der Waals surface area contributed by atoms with Crippen molar-refractivity contribution in [1.29, 1.82) is 0 Å². The Kier molecular flexibility index (Phi) is 6.46. The number of ether oxygens (including phenoxy) is 2. The fourth-order valence-electron chi connectivity index (χ4n) is 2.45. The molecule has 0 unspecified atom stereocenters. The normalized spacial score (nSPS) is 10.6.